The summed E-state index contributed by atoms with van der Waals surface area (Å²) in [4.78, 5) is 12.7. The zero-order valence-electron chi connectivity index (χ0n) is 15.7. The highest BCUT2D eigenvalue weighted by Crippen LogP contribution is 2.26. The van der Waals surface area contributed by atoms with Gasteiger partial charge in [-0.25, -0.2) is 0 Å². The number of aromatic nitrogens is 3. The fourth-order valence-corrected chi connectivity index (χ4v) is 2.97. The van der Waals surface area contributed by atoms with E-state index in [0.717, 1.165) is 45.0 Å². The summed E-state index contributed by atoms with van der Waals surface area (Å²) in [6.45, 7) is 7.80. The Balaban J connectivity index is 1.89. The Morgan fingerprint density at radius 3 is 1.33 bits per heavy atom. The van der Waals surface area contributed by atoms with Crippen LogP contribution in [0.5, 0.6) is 0 Å². The molecule has 0 unspecified atom stereocenters. The molecule has 0 aliphatic carbocycles. The van der Waals surface area contributed by atoms with E-state index < -0.39 is 0 Å². The lowest BCUT2D eigenvalue weighted by molar-refractivity contribution is 1.06. The van der Waals surface area contributed by atoms with Crippen LogP contribution in [0.3, 0.4) is 0 Å². The first-order chi connectivity index (χ1) is 12.7. The van der Waals surface area contributed by atoms with Crippen LogP contribution >= 0.6 is 11.6 Å². The Labute approximate surface area is 163 Å². The first-order valence-corrected chi connectivity index (χ1v) is 8.80. The van der Waals surface area contributed by atoms with Gasteiger partial charge in [0.05, 0.1) is 0 Å². The predicted molar refractivity (Wildman–Crippen MR) is 112 cm³/mol. The number of anilines is 6. The molecule has 0 bridgehead atoms. The Morgan fingerprint density at radius 1 is 0.667 bits per heavy atom. The summed E-state index contributed by atoms with van der Waals surface area (Å²) in [7, 11) is 0. The number of rotatable bonds is 4. The molecule has 0 amide bonds. The second-order valence-corrected chi connectivity index (χ2v) is 6.89. The monoisotopic (exact) mass is 383 g/mol. The highest BCUT2D eigenvalue weighted by Gasteiger charge is 2.09. The molecule has 7 nitrogen and oxygen atoms in total. The molecule has 27 heavy (non-hydrogen) atoms. The second kappa shape index (κ2) is 7.28. The van der Waals surface area contributed by atoms with E-state index in [1.54, 1.807) is 0 Å². The minimum Gasteiger partial charge on any atom is -0.398 e. The minimum atomic E-state index is 0.0859. The summed E-state index contributed by atoms with van der Waals surface area (Å²) < 4.78 is 0. The van der Waals surface area contributed by atoms with Crippen molar-refractivity contribution in [3.63, 3.8) is 0 Å². The van der Waals surface area contributed by atoms with Gasteiger partial charge in [0.1, 0.15) is 0 Å². The third-order valence-corrected chi connectivity index (χ3v) is 4.48. The van der Waals surface area contributed by atoms with Crippen molar-refractivity contribution in [1.29, 1.82) is 0 Å². The summed E-state index contributed by atoms with van der Waals surface area (Å²) in [5.74, 6) is 0.676. The van der Waals surface area contributed by atoms with Crippen molar-refractivity contribution in [3.05, 3.63) is 51.8 Å². The number of hydrogen-bond acceptors (Lipinski definition) is 7. The van der Waals surface area contributed by atoms with Crippen LogP contribution in [0.25, 0.3) is 0 Å². The van der Waals surface area contributed by atoms with Gasteiger partial charge >= 0.3 is 0 Å². The number of aryl methyl sites for hydroxylation is 4. The van der Waals surface area contributed by atoms with Gasteiger partial charge < -0.3 is 22.1 Å². The maximum atomic E-state index is 6.08. The number of benzene rings is 2. The highest BCUT2D eigenvalue weighted by atomic mass is 35.5. The Bertz CT molecular complexity index is 893. The molecule has 2 aromatic carbocycles. The zero-order chi connectivity index (χ0) is 19.7. The van der Waals surface area contributed by atoms with E-state index >= 15 is 0 Å². The lowest BCUT2D eigenvalue weighted by Crippen LogP contribution is -2.05. The molecule has 6 N–H and O–H groups in total. The van der Waals surface area contributed by atoms with Crippen LogP contribution in [0.1, 0.15) is 22.3 Å². The van der Waals surface area contributed by atoms with Crippen molar-refractivity contribution in [1.82, 2.24) is 15.0 Å². The van der Waals surface area contributed by atoms with Crippen LogP contribution in [-0.2, 0) is 0 Å². The van der Waals surface area contributed by atoms with Gasteiger partial charge in [-0.3, -0.25) is 0 Å². The van der Waals surface area contributed by atoms with E-state index in [2.05, 4.69) is 25.6 Å². The van der Waals surface area contributed by atoms with Crippen molar-refractivity contribution in [3.8, 4) is 0 Å². The smallest absolute Gasteiger partial charge is 0.233 e. The topological polar surface area (TPSA) is 115 Å². The van der Waals surface area contributed by atoms with E-state index in [9.17, 15) is 0 Å². The number of nitrogen functional groups attached to an aromatic ring is 2. The van der Waals surface area contributed by atoms with Crippen LogP contribution < -0.4 is 22.1 Å². The normalized spacial score (nSPS) is 10.7. The zero-order valence-corrected chi connectivity index (χ0v) is 16.4. The summed E-state index contributed by atoms with van der Waals surface area (Å²) in [5, 5.41) is 6.38. The Hall–Kier alpha value is -3.06. The molecule has 0 fully saturated rings. The Kier molecular flexibility index (Phi) is 5.05. The average Bonchev–Trinajstić information content (AvgIpc) is 2.57. The van der Waals surface area contributed by atoms with Gasteiger partial charge in [-0.2, -0.15) is 15.0 Å². The van der Waals surface area contributed by atoms with E-state index in [-0.39, 0.29) is 5.28 Å². The molecule has 0 atom stereocenters. The molecule has 0 aliphatic rings. The van der Waals surface area contributed by atoms with Gasteiger partial charge in [-0.15, -0.1) is 0 Å². The fraction of sp³-hybridized carbons (Fsp3) is 0.211. The molecular weight excluding hydrogens is 362 g/mol. The van der Waals surface area contributed by atoms with Gasteiger partial charge in [0.2, 0.25) is 17.2 Å². The molecule has 1 heterocycles. The molecular formula is C19H22ClN7. The van der Waals surface area contributed by atoms with Crippen molar-refractivity contribution in [2.75, 3.05) is 22.1 Å². The fourth-order valence-electron chi connectivity index (χ4n) is 2.81. The molecule has 8 heteroatoms. The minimum absolute atomic E-state index is 0.0859. The lowest BCUT2D eigenvalue weighted by atomic mass is 10.1. The standard InChI is InChI=1S/C19H22ClN7/c1-9-5-13(6-10(2)15(9)21)23-18-25-17(20)26-19(27-18)24-14-7-11(3)16(22)12(4)8-14/h5-8H,21-22H2,1-4H3,(H2,23,24,25,26,27). The van der Waals surface area contributed by atoms with Crippen molar-refractivity contribution < 1.29 is 0 Å². The molecule has 0 spiro atoms. The first-order valence-electron chi connectivity index (χ1n) is 8.42. The molecule has 0 aliphatic heterocycles. The number of hydrogen-bond donors (Lipinski definition) is 4. The maximum absolute atomic E-state index is 6.08. The molecule has 0 saturated carbocycles. The number of nitrogens with one attached hydrogen (secondary N) is 2. The summed E-state index contributed by atoms with van der Waals surface area (Å²) >= 11 is 6.08. The van der Waals surface area contributed by atoms with Crippen LogP contribution in [0, 0.1) is 27.7 Å². The number of halogens is 1. The summed E-state index contributed by atoms with van der Waals surface area (Å²) in [6, 6.07) is 7.72. The predicted octanol–water partition coefficient (Wildman–Crippen LogP) is 4.41. The lowest BCUT2D eigenvalue weighted by Gasteiger charge is -2.12. The van der Waals surface area contributed by atoms with E-state index in [1.165, 1.54) is 0 Å². The van der Waals surface area contributed by atoms with Crippen molar-refractivity contribution in [2.24, 2.45) is 0 Å². The summed E-state index contributed by atoms with van der Waals surface area (Å²) in [6.07, 6.45) is 0. The van der Waals surface area contributed by atoms with Crippen LogP contribution in [0.4, 0.5) is 34.6 Å². The Morgan fingerprint density at radius 2 is 1.00 bits per heavy atom. The number of nitrogens with zero attached hydrogens (tertiary/aromatic N) is 3. The largest absolute Gasteiger partial charge is 0.398 e. The van der Waals surface area contributed by atoms with Gasteiger partial charge in [-0.1, -0.05) is 0 Å². The summed E-state index contributed by atoms with van der Waals surface area (Å²) in [5.41, 5.74) is 19.1. The van der Waals surface area contributed by atoms with Crippen molar-refractivity contribution in [2.45, 2.75) is 27.7 Å². The third-order valence-electron chi connectivity index (χ3n) is 4.31. The maximum Gasteiger partial charge on any atom is 0.233 e. The van der Waals surface area contributed by atoms with Crippen molar-refractivity contribution >= 4 is 46.2 Å². The van der Waals surface area contributed by atoms with Gasteiger partial charge in [-0.05, 0) is 85.8 Å². The van der Waals surface area contributed by atoms with Gasteiger partial charge in [0.25, 0.3) is 0 Å². The first kappa shape index (κ1) is 18.7. The molecule has 140 valence electrons. The molecule has 1 aromatic heterocycles. The molecule has 0 radical (unpaired) electrons. The molecule has 3 rings (SSSR count). The van der Waals surface area contributed by atoms with E-state index in [4.69, 9.17) is 23.1 Å². The third kappa shape index (κ3) is 4.20. The van der Waals surface area contributed by atoms with Crippen LogP contribution in [0.2, 0.25) is 5.28 Å². The number of nitrogens with two attached hydrogens (primary N) is 2. The molecule has 3 aromatic rings. The van der Waals surface area contributed by atoms with Crippen LogP contribution in [-0.4, -0.2) is 15.0 Å². The van der Waals surface area contributed by atoms with E-state index in [1.807, 2.05) is 52.0 Å². The SMILES string of the molecule is Cc1cc(Nc2nc(Cl)nc(Nc3cc(C)c(N)c(C)c3)n2)cc(C)c1N. The van der Waals surface area contributed by atoms with Gasteiger partial charge in [0, 0.05) is 22.7 Å². The van der Waals surface area contributed by atoms with E-state index in [0.29, 0.717) is 11.9 Å². The average molecular weight is 384 g/mol. The highest BCUT2D eigenvalue weighted by molar-refractivity contribution is 6.28. The molecule has 0 saturated heterocycles. The van der Waals surface area contributed by atoms with Crippen LogP contribution in [0.15, 0.2) is 24.3 Å². The van der Waals surface area contributed by atoms with Gasteiger partial charge in [0.15, 0.2) is 0 Å². The quantitative estimate of drug-likeness (QED) is 0.493. The second-order valence-electron chi connectivity index (χ2n) is 6.55.